The summed E-state index contributed by atoms with van der Waals surface area (Å²) in [4.78, 5) is 11.9. The fourth-order valence-corrected chi connectivity index (χ4v) is 1.97. The van der Waals surface area contributed by atoms with Crippen molar-refractivity contribution >= 4 is 11.6 Å². The number of carbonyl (C=O) groups excluding carboxylic acids is 1. The van der Waals surface area contributed by atoms with Gasteiger partial charge in [0.1, 0.15) is 0 Å². The molecule has 3 N–H and O–H groups in total. The van der Waals surface area contributed by atoms with Gasteiger partial charge in [-0.1, -0.05) is 25.0 Å². The molecule has 92 valence electrons. The second-order valence-corrected chi connectivity index (χ2v) is 4.88. The molecule has 1 aliphatic carbocycles. The molecule has 17 heavy (non-hydrogen) atoms. The van der Waals surface area contributed by atoms with E-state index in [-0.39, 0.29) is 5.91 Å². The molecule has 0 unspecified atom stereocenters. The van der Waals surface area contributed by atoms with E-state index in [1.165, 1.54) is 19.3 Å². The lowest BCUT2D eigenvalue weighted by Gasteiger charge is -2.09. The smallest absolute Gasteiger partial charge is 0.253 e. The highest BCUT2D eigenvalue weighted by Crippen LogP contribution is 2.33. The Labute approximate surface area is 102 Å². The molecular weight excluding hydrogens is 212 g/mol. The predicted molar refractivity (Wildman–Crippen MR) is 69.9 cm³/mol. The third-order valence-corrected chi connectivity index (χ3v) is 3.34. The highest BCUT2D eigenvalue weighted by molar-refractivity contribution is 5.99. The van der Waals surface area contributed by atoms with Gasteiger partial charge in [0.15, 0.2) is 0 Å². The van der Waals surface area contributed by atoms with E-state index in [0.29, 0.717) is 11.3 Å². The standard InChI is InChI=1S/C14H20N2O/c1-10-4-2-6-12(13(10)15)14(17)16-9-3-5-11-7-8-11/h2,4,6,11H,3,5,7-9,15H2,1H3,(H,16,17). The fraction of sp³-hybridized carbons (Fsp3) is 0.500. The zero-order valence-electron chi connectivity index (χ0n) is 10.3. The average molecular weight is 232 g/mol. The van der Waals surface area contributed by atoms with Crippen LogP contribution >= 0.6 is 0 Å². The van der Waals surface area contributed by atoms with Crippen LogP contribution in [-0.4, -0.2) is 12.5 Å². The number of nitrogens with two attached hydrogens (primary N) is 1. The summed E-state index contributed by atoms with van der Waals surface area (Å²) in [5.41, 5.74) is 8.02. The number of para-hydroxylation sites is 1. The minimum Gasteiger partial charge on any atom is -0.398 e. The SMILES string of the molecule is Cc1cccc(C(=O)NCCCC2CC2)c1N. The van der Waals surface area contributed by atoms with E-state index < -0.39 is 0 Å². The molecule has 1 fully saturated rings. The van der Waals surface area contributed by atoms with Crippen molar-refractivity contribution in [1.29, 1.82) is 0 Å². The topological polar surface area (TPSA) is 55.1 Å². The first kappa shape index (κ1) is 12.0. The highest BCUT2D eigenvalue weighted by atomic mass is 16.1. The summed E-state index contributed by atoms with van der Waals surface area (Å²) in [6.45, 7) is 2.67. The van der Waals surface area contributed by atoms with Crippen LogP contribution in [0.15, 0.2) is 18.2 Å². The van der Waals surface area contributed by atoms with Gasteiger partial charge in [0.05, 0.1) is 5.56 Å². The van der Waals surface area contributed by atoms with Crippen LogP contribution in [0, 0.1) is 12.8 Å². The molecule has 0 heterocycles. The molecule has 1 aromatic rings. The van der Waals surface area contributed by atoms with Gasteiger partial charge in [-0.3, -0.25) is 4.79 Å². The number of amides is 1. The van der Waals surface area contributed by atoms with E-state index >= 15 is 0 Å². The van der Waals surface area contributed by atoms with Crippen LogP contribution in [0.25, 0.3) is 0 Å². The molecule has 0 atom stereocenters. The Morgan fingerprint density at radius 1 is 1.47 bits per heavy atom. The van der Waals surface area contributed by atoms with Gasteiger partial charge in [0.25, 0.3) is 5.91 Å². The van der Waals surface area contributed by atoms with Gasteiger partial charge >= 0.3 is 0 Å². The lowest BCUT2D eigenvalue weighted by atomic mass is 10.1. The van der Waals surface area contributed by atoms with E-state index in [1.54, 1.807) is 6.07 Å². The number of hydrogen-bond acceptors (Lipinski definition) is 2. The van der Waals surface area contributed by atoms with Crippen molar-refractivity contribution < 1.29 is 4.79 Å². The first-order valence-electron chi connectivity index (χ1n) is 6.32. The summed E-state index contributed by atoms with van der Waals surface area (Å²) in [6, 6.07) is 5.56. The van der Waals surface area contributed by atoms with Crippen LogP contribution in [0.5, 0.6) is 0 Å². The Bertz CT molecular complexity index is 411. The molecule has 0 radical (unpaired) electrons. The second-order valence-electron chi connectivity index (χ2n) is 4.88. The first-order chi connectivity index (χ1) is 8.18. The van der Waals surface area contributed by atoms with Gasteiger partial charge in [-0.25, -0.2) is 0 Å². The van der Waals surface area contributed by atoms with Gasteiger partial charge < -0.3 is 11.1 Å². The number of nitrogens with one attached hydrogen (secondary N) is 1. The van der Waals surface area contributed by atoms with Gasteiger partial charge in [-0.2, -0.15) is 0 Å². The molecule has 0 aromatic heterocycles. The normalized spacial score (nSPS) is 14.6. The first-order valence-corrected chi connectivity index (χ1v) is 6.32. The Balaban J connectivity index is 1.83. The maximum absolute atomic E-state index is 11.9. The van der Waals surface area contributed by atoms with Crippen molar-refractivity contribution in [1.82, 2.24) is 5.32 Å². The molecule has 0 aliphatic heterocycles. The number of hydrogen-bond donors (Lipinski definition) is 2. The van der Waals surface area contributed by atoms with Gasteiger partial charge in [-0.15, -0.1) is 0 Å². The van der Waals surface area contributed by atoms with E-state index in [0.717, 1.165) is 24.4 Å². The largest absolute Gasteiger partial charge is 0.398 e. The molecule has 2 rings (SSSR count). The Morgan fingerprint density at radius 3 is 2.94 bits per heavy atom. The third kappa shape index (κ3) is 3.22. The Kier molecular flexibility index (Phi) is 3.67. The number of benzene rings is 1. The Morgan fingerprint density at radius 2 is 2.24 bits per heavy atom. The van der Waals surface area contributed by atoms with Crippen LogP contribution in [0.4, 0.5) is 5.69 Å². The number of rotatable bonds is 5. The van der Waals surface area contributed by atoms with Crippen LogP contribution in [0.3, 0.4) is 0 Å². The van der Waals surface area contributed by atoms with E-state index in [1.807, 2.05) is 19.1 Å². The highest BCUT2D eigenvalue weighted by Gasteiger charge is 2.20. The van der Waals surface area contributed by atoms with Crippen LogP contribution in [-0.2, 0) is 0 Å². The van der Waals surface area contributed by atoms with E-state index in [2.05, 4.69) is 5.32 Å². The average Bonchev–Trinajstić information content (AvgIpc) is 3.12. The third-order valence-electron chi connectivity index (χ3n) is 3.34. The second kappa shape index (κ2) is 5.21. The molecule has 3 nitrogen and oxygen atoms in total. The number of nitrogen functional groups attached to an aromatic ring is 1. The quantitative estimate of drug-likeness (QED) is 0.605. The van der Waals surface area contributed by atoms with Crippen LogP contribution < -0.4 is 11.1 Å². The van der Waals surface area contributed by atoms with Gasteiger partial charge in [0, 0.05) is 12.2 Å². The molecule has 0 saturated heterocycles. The van der Waals surface area contributed by atoms with Crippen molar-refractivity contribution in [2.24, 2.45) is 5.92 Å². The number of carbonyl (C=O) groups is 1. The van der Waals surface area contributed by atoms with Crippen molar-refractivity contribution in [2.75, 3.05) is 12.3 Å². The van der Waals surface area contributed by atoms with Gasteiger partial charge in [-0.05, 0) is 37.3 Å². The van der Waals surface area contributed by atoms with Crippen molar-refractivity contribution in [3.63, 3.8) is 0 Å². The maximum atomic E-state index is 11.9. The summed E-state index contributed by atoms with van der Waals surface area (Å²) in [7, 11) is 0. The molecule has 1 aromatic carbocycles. The van der Waals surface area contributed by atoms with Crippen LogP contribution in [0.1, 0.15) is 41.6 Å². The van der Waals surface area contributed by atoms with Crippen molar-refractivity contribution in [3.8, 4) is 0 Å². The molecule has 1 aliphatic rings. The summed E-state index contributed by atoms with van der Waals surface area (Å²) < 4.78 is 0. The number of anilines is 1. The fourth-order valence-electron chi connectivity index (χ4n) is 1.97. The minimum atomic E-state index is -0.0537. The molecule has 3 heteroatoms. The zero-order valence-corrected chi connectivity index (χ0v) is 10.3. The monoisotopic (exact) mass is 232 g/mol. The molecule has 1 amide bonds. The van der Waals surface area contributed by atoms with Crippen LogP contribution in [0.2, 0.25) is 0 Å². The van der Waals surface area contributed by atoms with E-state index in [4.69, 9.17) is 5.73 Å². The molecule has 1 saturated carbocycles. The number of aryl methyl sites for hydroxylation is 1. The predicted octanol–water partition coefficient (Wildman–Crippen LogP) is 2.50. The zero-order chi connectivity index (χ0) is 12.3. The summed E-state index contributed by atoms with van der Waals surface area (Å²) >= 11 is 0. The molecule has 0 bridgehead atoms. The molecular formula is C14H20N2O. The summed E-state index contributed by atoms with van der Waals surface area (Å²) in [6.07, 6.45) is 5.06. The van der Waals surface area contributed by atoms with Crippen molar-refractivity contribution in [3.05, 3.63) is 29.3 Å². The summed E-state index contributed by atoms with van der Waals surface area (Å²) in [5.74, 6) is 0.873. The minimum absolute atomic E-state index is 0.0537. The summed E-state index contributed by atoms with van der Waals surface area (Å²) in [5, 5.41) is 2.93. The lowest BCUT2D eigenvalue weighted by Crippen LogP contribution is -2.25. The molecule has 0 spiro atoms. The maximum Gasteiger partial charge on any atom is 0.253 e. The van der Waals surface area contributed by atoms with Crippen molar-refractivity contribution in [2.45, 2.75) is 32.6 Å². The Hall–Kier alpha value is -1.51. The van der Waals surface area contributed by atoms with Gasteiger partial charge in [0.2, 0.25) is 0 Å². The van der Waals surface area contributed by atoms with E-state index in [9.17, 15) is 4.79 Å². The lowest BCUT2D eigenvalue weighted by molar-refractivity contribution is 0.0953.